The van der Waals surface area contributed by atoms with Crippen molar-refractivity contribution in [1.82, 2.24) is 9.78 Å². The first kappa shape index (κ1) is 11.6. The van der Waals surface area contributed by atoms with E-state index >= 15 is 0 Å². The lowest BCUT2D eigenvalue weighted by atomic mass is 10.0. The van der Waals surface area contributed by atoms with Gasteiger partial charge in [0.1, 0.15) is 5.78 Å². The predicted octanol–water partition coefficient (Wildman–Crippen LogP) is 2.91. The zero-order chi connectivity index (χ0) is 11.7. The second-order valence-corrected chi connectivity index (χ2v) is 4.93. The summed E-state index contributed by atoms with van der Waals surface area (Å²) in [5.41, 5.74) is 1.88. The third-order valence-electron chi connectivity index (χ3n) is 3.41. The van der Waals surface area contributed by atoms with Crippen LogP contribution in [-0.2, 0) is 11.3 Å². The fourth-order valence-corrected chi connectivity index (χ4v) is 2.50. The number of nitrogens with zero attached hydrogens (tertiary/aromatic N) is 2. The molecule has 0 aromatic carbocycles. The van der Waals surface area contributed by atoms with Crippen molar-refractivity contribution in [1.29, 1.82) is 0 Å². The highest BCUT2D eigenvalue weighted by Gasteiger charge is 2.24. The summed E-state index contributed by atoms with van der Waals surface area (Å²) in [7, 11) is 0. The van der Waals surface area contributed by atoms with E-state index in [9.17, 15) is 4.79 Å². The summed E-state index contributed by atoms with van der Waals surface area (Å²) in [5, 5.41) is 5.12. The van der Waals surface area contributed by atoms with Gasteiger partial charge in [0.15, 0.2) is 0 Å². The molecule has 16 heavy (non-hydrogen) atoms. The summed E-state index contributed by atoms with van der Waals surface area (Å²) < 4.78 is 1.92. The van der Waals surface area contributed by atoms with Gasteiger partial charge in [-0.2, -0.15) is 5.10 Å². The topological polar surface area (TPSA) is 34.9 Å². The Morgan fingerprint density at radius 2 is 2.25 bits per heavy atom. The maximum Gasteiger partial charge on any atom is 0.136 e. The first-order valence-corrected chi connectivity index (χ1v) is 6.19. The molecule has 0 radical (unpaired) electrons. The number of rotatable bonds is 3. The molecule has 1 atom stereocenters. The summed E-state index contributed by atoms with van der Waals surface area (Å²) in [6.45, 7) is 4.68. The second kappa shape index (κ2) is 4.58. The molecule has 1 saturated carbocycles. The molecule has 1 heterocycles. The van der Waals surface area contributed by atoms with Gasteiger partial charge >= 0.3 is 0 Å². The molecular formula is C12H17ClN2O. The summed E-state index contributed by atoms with van der Waals surface area (Å²) in [5.74, 6) is 0.676. The smallest absolute Gasteiger partial charge is 0.136 e. The zero-order valence-electron chi connectivity index (χ0n) is 9.79. The molecule has 1 aromatic heterocycles. The Morgan fingerprint density at radius 1 is 1.50 bits per heavy atom. The van der Waals surface area contributed by atoms with Crippen molar-refractivity contribution < 1.29 is 4.79 Å². The highest BCUT2D eigenvalue weighted by molar-refractivity contribution is 6.31. The number of aryl methyl sites for hydroxylation is 2. The van der Waals surface area contributed by atoms with Crippen LogP contribution in [0.15, 0.2) is 0 Å². The Hall–Kier alpha value is -0.830. The Kier molecular flexibility index (Phi) is 3.33. The second-order valence-electron chi connectivity index (χ2n) is 4.55. The minimum atomic E-state index is 0.252. The van der Waals surface area contributed by atoms with Crippen LogP contribution in [0.4, 0.5) is 0 Å². The molecule has 0 amide bonds. The molecule has 1 unspecified atom stereocenters. The number of Topliss-reactive ketones (excluding diaryl/α,β-unsaturated/α-hetero) is 1. The molecule has 3 nitrogen and oxygen atoms in total. The van der Waals surface area contributed by atoms with E-state index in [4.69, 9.17) is 11.6 Å². The van der Waals surface area contributed by atoms with Gasteiger partial charge in [-0.05, 0) is 33.1 Å². The van der Waals surface area contributed by atoms with E-state index in [1.807, 2.05) is 18.5 Å². The average molecular weight is 241 g/mol. The maximum atomic E-state index is 11.5. The third kappa shape index (κ3) is 2.14. The van der Waals surface area contributed by atoms with Crippen LogP contribution >= 0.6 is 11.6 Å². The molecule has 1 aliphatic carbocycles. The fourth-order valence-electron chi connectivity index (χ4n) is 2.36. The highest BCUT2D eigenvalue weighted by atomic mass is 35.5. The Labute approximate surface area is 101 Å². The van der Waals surface area contributed by atoms with Crippen LogP contribution in [0.3, 0.4) is 0 Å². The van der Waals surface area contributed by atoms with Gasteiger partial charge in [0.2, 0.25) is 0 Å². The zero-order valence-corrected chi connectivity index (χ0v) is 10.5. The molecule has 0 bridgehead atoms. The lowest BCUT2D eigenvalue weighted by Crippen LogP contribution is -2.12. The first-order valence-electron chi connectivity index (χ1n) is 5.82. The SMILES string of the molecule is Cc1nn(CCC2CCCC2=O)c(C)c1Cl. The third-order valence-corrected chi connectivity index (χ3v) is 3.96. The molecule has 1 aliphatic rings. The molecule has 2 rings (SSSR count). The van der Waals surface area contributed by atoms with Crippen molar-refractivity contribution in [2.24, 2.45) is 5.92 Å². The number of ketones is 1. The summed E-state index contributed by atoms with van der Waals surface area (Å²) >= 11 is 6.07. The van der Waals surface area contributed by atoms with Gasteiger partial charge in [0, 0.05) is 18.9 Å². The van der Waals surface area contributed by atoms with Crippen molar-refractivity contribution in [3.8, 4) is 0 Å². The van der Waals surface area contributed by atoms with E-state index in [0.717, 1.165) is 48.6 Å². The van der Waals surface area contributed by atoms with Gasteiger partial charge in [0.25, 0.3) is 0 Å². The molecule has 0 aliphatic heterocycles. The molecule has 4 heteroatoms. The van der Waals surface area contributed by atoms with Crippen molar-refractivity contribution >= 4 is 17.4 Å². The first-order chi connectivity index (χ1) is 7.59. The minimum absolute atomic E-state index is 0.252. The van der Waals surface area contributed by atoms with Crippen molar-refractivity contribution in [3.63, 3.8) is 0 Å². The maximum absolute atomic E-state index is 11.5. The molecule has 0 N–H and O–H groups in total. The standard InChI is InChI=1S/C12H17ClN2O/c1-8-12(13)9(2)15(14-8)7-6-10-4-3-5-11(10)16/h10H,3-7H2,1-2H3. The molecule has 88 valence electrons. The number of carbonyl (C=O) groups excluding carboxylic acids is 1. The van der Waals surface area contributed by atoms with E-state index in [1.54, 1.807) is 0 Å². The average Bonchev–Trinajstić information content (AvgIpc) is 2.76. The Bertz CT molecular complexity index is 411. The van der Waals surface area contributed by atoms with E-state index in [-0.39, 0.29) is 5.92 Å². The largest absolute Gasteiger partial charge is 0.299 e. The van der Waals surface area contributed by atoms with Crippen molar-refractivity contribution in [2.45, 2.75) is 46.1 Å². The van der Waals surface area contributed by atoms with Gasteiger partial charge in [-0.15, -0.1) is 0 Å². The molecule has 1 fully saturated rings. The van der Waals surface area contributed by atoms with Crippen molar-refractivity contribution in [3.05, 3.63) is 16.4 Å². The minimum Gasteiger partial charge on any atom is -0.299 e. The number of halogens is 1. The van der Waals surface area contributed by atoms with Gasteiger partial charge in [0.05, 0.1) is 16.4 Å². The fraction of sp³-hybridized carbons (Fsp3) is 0.667. The molecule has 1 aromatic rings. The lowest BCUT2D eigenvalue weighted by molar-refractivity contribution is -0.120. The van der Waals surface area contributed by atoms with E-state index in [2.05, 4.69) is 5.10 Å². The van der Waals surface area contributed by atoms with Crippen LogP contribution in [0.25, 0.3) is 0 Å². The predicted molar refractivity (Wildman–Crippen MR) is 63.7 cm³/mol. The molecule has 0 spiro atoms. The van der Waals surface area contributed by atoms with Crippen LogP contribution in [0.5, 0.6) is 0 Å². The van der Waals surface area contributed by atoms with Crippen LogP contribution in [0.2, 0.25) is 5.02 Å². The van der Waals surface area contributed by atoms with E-state index in [0.29, 0.717) is 5.78 Å². The van der Waals surface area contributed by atoms with Gasteiger partial charge in [-0.25, -0.2) is 0 Å². The van der Waals surface area contributed by atoms with Crippen LogP contribution in [0.1, 0.15) is 37.1 Å². The number of carbonyl (C=O) groups is 1. The molecule has 0 saturated heterocycles. The van der Waals surface area contributed by atoms with Crippen molar-refractivity contribution in [2.75, 3.05) is 0 Å². The summed E-state index contributed by atoms with van der Waals surface area (Å²) in [4.78, 5) is 11.5. The Morgan fingerprint density at radius 3 is 2.75 bits per heavy atom. The monoisotopic (exact) mass is 240 g/mol. The van der Waals surface area contributed by atoms with E-state index in [1.165, 1.54) is 0 Å². The summed E-state index contributed by atoms with van der Waals surface area (Å²) in [6, 6.07) is 0. The highest BCUT2D eigenvalue weighted by Crippen LogP contribution is 2.26. The Balaban J connectivity index is 1.99. The lowest BCUT2D eigenvalue weighted by Gasteiger charge is -2.08. The number of hydrogen-bond donors (Lipinski definition) is 0. The van der Waals surface area contributed by atoms with Gasteiger partial charge in [-0.3, -0.25) is 9.48 Å². The summed E-state index contributed by atoms with van der Waals surface area (Å²) in [6.07, 6.45) is 3.77. The van der Waals surface area contributed by atoms with Gasteiger partial charge < -0.3 is 0 Å². The van der Waals surface area contributed by atoms with Crippen LogP contribution < -0.4 is 0 Å². The number of hydrogen-bond acceptors (Lipinski definition) is 2. The molecular weight excluding hydrogens is 224 g/mol. The van der Waals surface area contributed by atoms with Gasteiger partial charge in [-0.1, -0.05) is 11.6 Å². The number of aromatic nitrogens is 2. The van der Waals surface area contributed by atoms with E-state index < -0.39 is 0 Å². The van der Waals surface area contributed by atoms with Crippen LogP contribution in [0, 0.1) is 19.8 Å². The normalized spacial score (nSPS) is 20.7. The van der Waals surface area contributed by atoms with Crippen LogP contribution in [-0.4, -0.2) is 15.6 Å². The quantitative estimate of drug-likeness (QED) is 0.814.